The highest BCUT2D eigenvalue weighted by Gasteiger charge is 2.25. The van der Waals surface area contributed by atoms with Gasteiger partial charge in [-0.25, -0.2) is 9.35 Å². The SMILES string of the molecule is CC(=O)N(C)Cc1ccc(S(N)(=O)=NC(O)Nc2c3c(cc4c2CCC4)CCC3)cc1. The molecule has 1 amide bonds. The van der Waals surface area contributed by atoms with E-state index in [1.165, 1.54) is 29.2 Å². The number of aliphatic hydroxyl groups excluding tert-OH is 1. The van der Waals surface area contributed by atoms with Gasteiger partial charge in [-0.3, -0.25) is 4.79 Å². The Morgan fingerprint density at radius 1 is 1.16 bits per heavy atom. The number of nitrogens with two attached hydrogens (primary N) is 1. The Balaban J connectivity index is 1.55. The summed E-state index contributed by atoms with van der Waals surface area (Å²) in [6.45, 7) is 1.96. The van der Waals surface area contributed by atoms with E-state index in [4.69, 9.17) is 5.14 Å². The summed E-state index contributed by atoms with van der Waals surface area (Å²) in [5.41, 5.74) is 7.03. The van der Waals surface area contributed by atoms with Crippen molar-refractivity contribution in [2.75, 3.05) is 12.4 Å². The van der Waals surface area contributed by atoms with Gasteiger partial charge in [-0.1, -0.05) is 18.2 Å². The number of nitrogens with one attached hydrogen (secondary N) is 1. The minimum Gasteiger partial charge on any atom is -0.355 e. The third kappa shape index (κ3) is 4.61. The fourth-order valence-electron chi connectivity index (χ4n) is 4.53. The Hall–Kier alpha value is -2.42. The molecule has 7 nitrogen and oxygen atoms in total. The van der Waals surface area contributed by atoms with Crippen molar-refractivity contribution in [3.63, 3.8) is 0 Å². The molecule has 0 saturated carbocycles. The second kappa shape index (κ2) is 8.61. The molecular formula is C23H30N4O3S. The number of rotatable bonds is 6. The first-order valence-corrected chi connectivity index (χ1v) is 12.3. The van der Waals surface area contributed by atoms with E-state index in [0.717, 1.165) is 49.8 Å². The van der Waals surface area contributed by atoms with Crippen LogP contribution in [-0.4, -0.2) is 33.5 Å². The summed E-state index contributed by atoms with van der Waals surface area (Å²) in [6.07, 6.45) is 4.93. The van der Waals surface area contributed by atoms with Gasteiger partial charge in [0.15, 0.2) is 0 Å². The summed E-state index contributed by atoms with van der Waals surface area (Å²) in [6, 6.07) is 9.14. The van der Waals surface area contributed by atoms with E-state index in [9.17, 15) is 14.1 Å². The Morgan fingerprint density at radius 3 is 2.29 bits per heavy atom. The van der Waals surface area contributed by atoms with E-state index in [1.807, 2.05) is 0 Å². The number of aliphatic hydroxyl groups is 1. The summed E-state index contributed by atoms with van der Waals surface area (Å²) in [5.74, 6) is -0.0326. The molecule has 166 valence electrons. The molecule has 0 saturated heterocycles. The number of benzene rings is 2. The van der Waals surface area contributed by atoms with E-state index in [2.05, 4.69) is 15.7 Å². The number of amides is 1. The lowest BCUT2D eigenvalue weighted by Gasteiger charge is -2.19. The first-order valence-electron chi connectivity index (χ1n) is 10.7. The van der Waals surface area contributed by atoms with Gasteiger partial charge in [0.05, 0.1) is 4.90 Å². The highest BCUT2D eigenvalue weighted by molar-refractivity contribution is 7.91. The summed E-state index contributed by atoms with van der Waals surface area (Å²) in [7, 11) is -1.57. The van der Waals surface area contributed by atoms with Crippen LogP contribution < -0.4 is 10.5 Å². The van der Waals surface area contributed by atoms with Gasteiger partial charge >= 0.3 is 0 Å². The van der Waals surface area contributed by atoms with Crippen molar-refractivity contribution in [3.05, 3.63) is 58.1 Å². The summed E-state index contributed by atoms with van der Waals surface area (Å²) >= 11 is 0. The molecule has 4 N–H and O–H groups in total. The van der Waals surface area contributed by atoms with E-state index < -0.39 is 16.3 Å². The number of carbonyl (C=O) groups is 1. The first kappa shape index (κ1) is 21.8. The molecule has 0 bridgehead atoms. The third-order valence-corrected chi connectivity index (χ3v) is 7.68. The average molecular weight is 443 g/mol. The minimum absolute atomic E-state index is 0.0326. The molecule has 2 unspecified atom stereocenters. The normalized spacial score (nSPS) is 17.4. The van der Waals surface area contributed by atoms with Gasteiger partial charge in [-0.15, -0.1) is 0 Å². The number of anilines is 1. The molecular weight excluding hydrogens is 412 g/mol. The fraction of sp³-hybridized carbons (Fsp3) is 0.435. The number of aryl methyl sites for hydroxylation is 2. The Labute approximate surface area is 184 Å². The molecule has 0 fully saturated rings. The predicted molar refractivity (Wildman–Crippen MR) is 122 cm³/mol. The van der Waals surface area contributed by atoms with Crippen molar-refractivity contribution >= 4 is 21.5 Å². The van der Waals surface area contributed by atoms with Crippen LogP contribution in [0, 0.1) is 0 Å². The van der Waals surface area contributed by atoms with E-state index in [0.29, 0.717) is 11.4 Å². The highest BCUT2D eigenvalue weighted by Crippen LogP contribution is 2.38. The molecule has 0 heterocycles. The lowest BCUT2D eigenvalue weighted by Crippen LogP contribution is -2.24. The lowest BCUT2D eigenvalue weighted by molar-refractivity contribution is -0.128. The van der Waals surface area contributed by atoms with Crippen molar-refractivity contribution in [1.29, 1.82) is 0 Å². The van der Waals surface area contributed by atoms with Crippen LogP contribution in [-0.2, 0) is 46.9 Å². The molecule has 31 heavy (non-hydrogen) atoms. The Bertz CT molecular complexity index is 1090. The third-order valence-electron chi connectivity index (χ3n) is 6.22. The molecule has 2 aliphatic carbocycles. The topological polar surface area (TPSA) is 108 Å². The van der Waals surface area contributed by atoms with Gasteiger partial charge in [0.1, 0.15) is 9.92 Å². The van der Waals surface area contributed by atoms with Crippen molar-refractivity contribution in [2.24, 2.45) is 9.50 Å². The second-order valence-electron chi connectivity index (χ2n) is 8.45. The number of hydrogen-bond donors (Lipinski definition) is 3. The van der Waals surface area contributed by atoms with Crippen molar-refractivity contribution in [2.45, 2.75) is 63.2 Å². The Kier molecular flexibility index (Phi) is 6.05. The molecule has 2 aliphatic rings. The lowest BCUT2D eigenvalue weighted by atomic mass is 9.99. The molecule has 2 atom stereocenters. The largest absolute Gasteiger partial charge is 0.355 e. The molecule has 0 aromatic heterocycles. The van der Waals surface area contributed by atoms with Crippen LogP contribution in [0.2, 0.25) is 0 Å². The van der Waals surface area contributed by atoms with Crippen LogP contribution in [0.4, 0.5) is 5.69 Å². The van der Waals surface area contributed by atoms with Gasteiger partial charge in [0, 0.05) is 26.2 Å². The quantitative estimate of drug-likeness (QED) is 0.598. The van der Waals surface area contributed by atoms with Gasteiger partial charge < -0.3 is 15.3 Å². The van der Waals surface area contributed by atoms with Crippen LogP contribution in [0.1, 0.15) is 47.6 Å². The number of carbonyl (C=O) groups excluding carboxylic acids is 1. The predicted octanol–water partition coefficient (Wildman–Crippen LogP) is 2.73. The standard InChI is InChI=1S/C23H30N4O3S/c1-15(28)27(2)14-16-9-11-19(12-10-16)31(24,30)26-23(29)25-22-20-7-3-5-17(20)13-18-6-4-8-21(18)22/h9-13,23,25,29H,3-8,14H2,1-2H3,(H2,24,26,30). The first-order chi connectivity index (χ1) is 14.7. The molecule has 0 spiro atoms. The maximum atomic E-state index is 13.0. The zero-order valence-electron chi connectivity index (χ0n) is 18.1. The molecule has 8 heteroatoms. The van der Waals surface area contributed by atoms with Crippen LogP contribution in [0.25, 0.3) is 0 Å². The van der Waals surface area contributed by atoms with E-state index >= 15 is 0 Å². The highest BCUT2D eigenvalue weighted by atomic mass is 32.2. The van der Waals surface area contributed by atoms with Crippen molar-refractivity contribution in [3.8, 4) is 0 Å². The molecule has 0 aliphatic heterocycles. The maximum absolute atomic E-state index is 13.0. The summed E-state index contributed by atoms with van der Waals surface area (Å²) in [5, 5.41) is 19.7. The van der Waals surface area contributed by atoms with Crippen LogP contribution in [0.3, 0.4) is 0 Å². The van der Waals surface area contributed by atoms with Crippen LogP contribution >= 0.6 is 0 Å². The van der Waals surface area contributed by atoms with Gasteiger partial charge in [-0.05, 0) is 78.5 Å². The van der Waals surface area contributed by atoms with Gasteiger partial charge in [0.25, 0.3) is 0 Å². The van der Waals surface area contributed by atoms with E-state index in [-0.39, 0.29) is 5.91 Å². The molecule has 2 aromatic carbocycles. The second-order valence-corrected chi connectivity index (χ2v) is 10.3. The Morgan fingerprint density at radius 2 is 1.74 bits per heavy atom. The number of hydrogen-bond acceptors (Lipinski definition) is 5. The molecule has 4 rings (SSSR count). The van der Waals surface area contributed by atoms with Crippen LogP contribution in [0.15, 0.2) is 39.6 Å². The molecule has 2 aromatic rings. The van der Waals surface area contributed by atoms with E-state index in [1.54, 1.807) is 36.2 Å². The average Bonchev–Trinajstić information content (AvgIpc) is 3.37. The fourth-order valence-corrected chi connectivity index (χ4v) is 5.53. The summed E-state index contributed by atoms with van der Waals surface area (Å²) in [4.78, 5) is 13.3. The number of fused-ring (bicyclic) bond motifs is 2. The van der Waals surface area contributed by atoms with Gasteiger partial charge in [0.2, 0.25) is 12.3 Å². The monoisotopic (exact) mass is 442 g/mol. The minimum atomic E-state index is -3.29. The molecule has 0 radical (unpaired) electrons. The van der Waals surface area contributed by atoms with Crippen molar-refractivity contribution in [1.82, 2.24) is 4.90 Å². The van der Waals surface area contributed by atoms with Gasteiger partial charge in [-0.2, -0.15) is 4.36 Å². The zero-order valence-corrected chi connectivity index (χ0v) is 18.9. The number of nitrogens with zero attached hydrogens (tertiary/aromatic N) is 2. The summed E-state index contributed by atoms with van der Waals surface area (Å²) < 4.78 is 17.1. The van der Waals surface area contributed by atoms with Crippen LogP contribution in [0.5, 0.6) is 0 Å². The zero-order chi connectivity index (χ0) is 22.2. The van der Waals surface area contributed by atoms with Crippen molar-refractivity contribution < 1.29 is 14.1 Å². The maximum Gasteiger partial charge on any atom is 0.233 e. The smallest absolute Gasteiger partial charge is 0.233 e.